The summed E-state index contributed by atoms with van der Waals surface area (Å²) in [6.07, 6.45) is 2.19. The van der Waals surface area contributed by atoms with Crippen LogP contribution in [-0.4, -0.2) is 43.3 Å². The standard InChI is InChI=1S/C17H18ClF2N5O3S/c18-11-8-13(15(23-10-11)25-6-1-3-17(19,20)4-7-25)16(26)24-12-2-5-22-14(9-12)29(21,27)28/h2,5,8-10H,1,3-4,6-7H2,(H2,21,27,28)(H,22,24,26). The lowest BCUT2D eigenvalue weighted by molar-refractivity contribution is -0.0102. The number of amides is 1. The van der Waals surface area contributed by atoms with Crippen LogP contribution in [0.2, 0.25) is 5.02 Å². The van der Waals surface area contributed by atoms with Crippen molar-refractivity contribution >= 4 is 39.0 Å². The Kier molecular flexibility index (Phi) is 6.01. The summed E-state index contributed by atoms with van der Waals surface area (Å²) in [6, 6.07) is 3.87. The van der Waals surface area contributed by atoms with E-state index in [4.69, 9.17) is 16.7 Å². The molecule has 3 N–H and O–H groups in total. The van der Waals surface area contributed by atoms with Crippen LogP contribution in [0.1, 0.15) is 29.6 Å². The molecule has 3 rings (SSSR count). The zero-order valence-electron chi connectivity index (χ0n) is 15.1. The van der Waals surface area contributed by atoms with Crippen molar-refractivity contribution in [2.24, 2.45) is 5.14 Å². The van der Waals surface area contributed by atoms with Crippen molar-refractivity contribution in [3.8, 4) is 0 Å². The Balaban J connectivity index is 1.89. The van der Waals surface area contributed by atoms with E-state index in [1.807, 2.05) is 0 Å². The maximum atomic E-state index is 13.7. The van der Waals surface area contributed by atoms with Gasteiger partial charge in [-0.15, -0.1) is 0 Å². The average molecular weight is 446 g/mol. The Morgan fingerprint density at radius 2 is 2.00 bits per heavy atom. The monoisotopic (exact) mass is 445 g/mol. The van der Waals surface area contributed by atoms with E-state index in [0.717, 1.165) is 6.07 Å². The Morgan fingerprint density at radius 1 is 1.24 bits per heavy atom. The minimum atomic E-state index is -4.05. The minimum Gasteiger partial charge on any atom is -0.356 e. The fraction of sp³-hybridized carbons (Fsp3) is 0.353. The number of rotatable bonds is 4. The number of carbonyl (C=O) groups is 1. The molecule has 12 heteroatoms. The van der Waals surface area contributed by atoms with Crippen LogP contribution in [0.4, 0.5) is 20.3 Å². The van der Waals surface area contributed by atoms with Gasteiger partial charge in [0.15, 0.2) is 5.03 Å². The molecule has 1 fully saturated rings. The second-order valence-electron chi connectivity index (χ2n) is 6.60. The largest absolute Gasteiger partial charge is 0.356 e. The van der Waals surface area contributed by atoms with Gasteiger partial charge in [-0.1, -0.05) is 11.6 Å². The molecule has 3 heterocycles. The number of carbonyl (C=O) groups excluding carboxylic acids is 1. The van der Waals surface area contributed by atoms with E-state index < -0.39 is 26.9 Å². The molecule has 2 aromatic rings. The zero-order valence-corrected chi connectivity index (χ0v) is 16.7. The van der Waals surface area contributed by atoms with Gasteiger partial charge in [-0.05, 0) is 18.6 Å². The van der Waals surface area contributed by atoms with E-state index in [2.05, 4.69) is 15.3 Å². The van der Waals surface area contributed by atoms with Crippen LogP contribution in [0.3, 0.4) is 0 Å². The number of pyridine rings is 2. The SMILES string of the molecule is NS(=O)(=O)c1cc(NC(=O)c2cc(Cl)cnc2N2CCCC(F)(F)CC2)ccn1. The normalized spacial score (nSPS) is 16.9. The fourth-order valence-electron chi connectivity index (χ4n) is 2.97. The molecule has 0 spiro atoms. The number of hydrogen-bond acceptors (Lipinski definition) is 6. The Bertz CT molecular complexity index is 1040. The Labute approximate surface area is 171 Å². The summed E-state index contributed by atoms with van der Waals surface area (Å²) >= 11 is 5.98. The third-order valence-electron chi connectivity index (χ3n) is 4.38. The first-order chi connectivity index (χ1) is 13.5. The molecular weight excluding hydrogens is 428 g/mol. The highest BCUT2D eigenvalue weighted by Gasteiger charge is 2.33. The number of sulfonamides is 1. The molecule has 0 radical (unpaired) electrons. The summed E-state index contributed by atoms with van der Waals surface area (Å²) in [5.41, 5.74) is 0.221. The molecule has 1 aliphatic heterocycles. The van der Waals surface area contributed by atoms with Crippen LogP contribution >= 0.6 is 11.6 Å². The molecule has 0 aliphatic carbocycles. The molecule has 0 bridgehead atoms. The van der Waals surface area contributed by atoms with Crippen molar-refractivity contribution in [2.75, 3.05) is 23.3 Å². The average Bonchev–Trinajstić information content (AvgIpc) is 2.82. The Hall–Kier alpha value is -2.37. The number of halogens is 3. The van der Waals surface area contributed by atoms with Crippen LogP contribution < -0.4 is 15.4 Å². The lowest BCUT2D eigenvalue weighted by Gasteiger charge is -2.24. The van der Waals surface area contributed by atoms with Crippen LogP contribution in [0.15, 0.2) is 35.6 Å². The number of primary sulfonamides is 1. The van der Waals surface area contributed by atoms with E-state index in [0.29, 0.717) is 6.54 Å². The highest BCUT2D eigenvalue weighted by atomic mass is 35.5. The van der Waals surface area contributed by atoms with Crippen molar-refractivity contribution < 1.29 is 22.0 Å². The van der Waals surface area contributed by atoms with Gasteiger partial charge in [-0.2, -0.15) is 0 Å². The molecule has 1 saturated heterocycles. The zero-order chi connectivity index (χ0) is 21.2. The van der Waals surface area contributed by atoms with Crippen LogP contribution in [0, 0.1) is 0 Å². The van der Waals surface area contributed by atoms with Crippen molar-refractivity contribution in [3.63, 3.8) is 0 Å². The first-order valence-corrected chi connectivity index (χ1v) is 10.6. The number of anilines is 2. The van der Waals surface area contributed by atoms with Crippen LogP contribution in [-0.2, 0) is 10.0 Å². The van der Waals surface area contributed by atoms with Crippen molar-refractivity contribution in [1.82, 2.24) is 9.97 Å². The summed E-state index contributed by atoms with van der Waals surface area (Å²) in [7, 11) is -4.05. The molecule has 1 amide bonds. The molecule has 29 heavy (non-hydrogen) atoms. The van der Waals surface area contributed by atoms with Gasteiger partial charge in [0.2, 0.25) is 5.92 Å². The maximum absolute atomic E-state index is 13.7. The third-order valence-corrected chi connectivity index (χ3v) is 5.39. The van der Waals surface area contributed by atoms with E-state index in [-0.39, 0.29) is 47.9 Å². The van der Waals surface area contributed by atoms with E-state index in [1.54, 1.807) is 4.90 Å². The van der Waals surface area contributed by atoms with Gasteiger partial charge in [0.05, 0.1) is 10.6 Å². The number of nitrogens with zero attached hydrogens (tertiary/aromatic N) is 3. The molecule has 0 unspecified atom stereocenters. The predicted octanol–water partition coefficient (Wildman–Crippen LogP) is 2.66. The van der Waals surface area contributed by atoms with Crippen LogP contribution in [0.25, 0.3) is 0 Å². The quantitative estimate of drug-likeness (QED) is 0.746. The lowest BCUT2D eigenvalue weighted by Crippen LogP contribution is -2.29. The second-order valence-corrected chi connectivity index (χ2v) is 8.55. The smallest absolute Gasteiger partial charge is 0.259 e. The van der Waals surface area contributed by atoms with Gasteiger partial charge in [-0.3, -0.25) is 4.79 Å². The number of nitrogens with one attached hydrogen (secondary N) is 1. The number of nitrogens with two attached hydrogens (primary N) is 1. The van der Waals surface area contributed by atoms with Gasteiger partial charge in [0.25, 0.3) is 15.9 Å². The summed E-state index contributed by atoms with van der Waals surface area (Å²) < 4.78 is 50.2. The predicted molar refractivity (Wildman–Crippen MR) is 104 cm³/mol. The minimum absolute atomic E-state index is 0.0345. The van der Waals surface area contributed by atoms with Gasteiger partial charge >= 0.3 is 0 Å². The van der Waals surface area contributed by atoms with Gasteiger partial charge in [0.1, 0.15) is 5.82 Å². The first-order valence-electron chi connectivity index (χ1n) is 8.64. The molecule has 2 aromatic heterocycles. The van der Waals surface area contributed by atoms with Gasteiger partial charge in [0, 0.05) is 50.1 Å². The summed E-state index contributed by atoms with van der Waals surface area (Å²) in [6.45, 7) is 0.349. The fourth-order valence-corrected chi connectivity index (χ4v) is 3.62. The molecule has 156 valence electrons. The molecule has 0 aromatic carbocycles. The van der Waals surface area contributed by atoms with Gasteiger partial charge < -0.3 is 10.2 Å². The molecule has 8 nitrogen and oxygen atoms in total. The Morgan fingerprint density at radius 3 is 2.72 bits per heavy atom. The summed E-state index contributed by atoms with van der Waals surface area (Å²) in [5.74, 6) is -3.16. The number of aromatic nitrogens is 2. The highest BCUT2D eigenvalue weighted by Crippen LogP contribution is 2.31. The maximum Gasteiger partial charge on any atom is 0.259 e. The third kappa shape index (κ3) is 5.37. The molecular formula is C17H18ClF2N5O3S. The molecule has 0 saturated carbocycles. The number of hydrogen-bond donors (Lipinski definition) is 2. The molecule has 0 atom stereocenters. The summed E-state index contributed by atoms with van der Waals surface area (Å²) in [4.78, 5) is 22.3. The topological polar surface area (TPSA) is 118 Å². The van der Waals surface area contributed by atoms with E-state index in [9.17, 15) is 22.0 Å². The van der Waals surface area contributed by atoms with Crippen LogP contribution in [0.5, 0.6) is 0 Å². The van der Waals surface area contributed by atoms with Crippen molar-refractivity contribution in [3.05, 3.63) is 41.2 Å². The summed E-state index contributed by atoms with van der Waals surface area (Å²) in [5, 5.41) is 7.37. The van der Waals surface area contributed by atoms with Crippen molar-refractivity contribution in [2.45, 2.75) is 30.2 Å². The van der Waals surface area contributed by atoms with E-state index >= 15 is 0 Å². The lowest BCUT2D eigenvalue weighted by atomic mass is 10.1. The van der Waals surface area contributed by atoms with Gasteiger partial charge in [-0.25, -0.2) is 32.3 Å². The van der Waals surface area contributed by atoms with Crippen molar-refractivity contribution in [1.29, 1.82) is 0 Å². The first kappa shape index (κ1) is 21.3. The second kappa shape index (κ2) is 8.17. The van der Waals surface area contributed by atoms with E-state index in [1.165, 1.54) is 24.5 Å². The number of alkyl halides is 2. The highest BCUT2D eigenvalue weighted by molar-refractivity contribution is 7.89. The molecule has 1 aliphatic rings.